The van der Waals surface area contributed by atoms with Gasteiger partial charge in [-0.1, -0.05) is 26.7 Å². The Bertz CT molecular complexity index is 307. The fourth-order valence-corrected chi connectivity index (χ4v) is 2.53. The molecule has 2 amide bonds. The number of aliphatic carboxylic acids is 1. The van der Waals surface area contributed by atoms with Gasteiger partial charge in [0.1, 0.15) is 0 Å². The standard InChI is InChI=1S/C13H24N2O3/c1-8-5-4-6-11(10(8)3)15-13(18)14-9(2)7-12(16)17/h8-11H,4-7H2,1-3H3,(H,16,17)(H2,14,15,18). The molecule has 0 aromatic carbocycles. The van der Waals surface area contributed by atoms with Gasteiger partial charge in [-0.2, -0.15) is 0 Å². The lowest BCUT2D eigenvalue weighted by atomic mass is 9.78. The van der Waals surface area contributed by atoms with Gasteiger partial charge in [-0.25, -0.2) is 4.79 Å². The van der Waals surface area contributed by atoms with Gasteiger partial charge in [-0.05, 0) is 25.2 Å². The van der Waals surface area contributed by atoms with E-state index < -0.39 is 5.97 Å². The molecular weight excluding hydrogens is 232 g/mol. The van der Waals surface area contributed by atoms with Gasteiger partial charge in [0, 0.05) is 12.1 Å². The normalized spacial score (nSPS) is 29.4. The highest BCUT2D eigenvalue weighted by molar-refractivity contribution is 5.75. The summed E-state index contributed by atoms with van der Waals surface area (Å²) in [6.45, 7) is 6.07. The minimum atomic E-state index is -0.901. The summed E-state index contributed by atoms with van der Waals surface area (Å²) in [5.74, 6) is 0.197. The first-order valence-electron chi connectivity index (χ1n) is 6.69. The number of rotatable bonds is 4. The highest BCUT2D eigenvalue weighted by Crippen LogP contribution is 2.29. The second kappa shape index (κ2) is 6.61. The Hall–Kier alpha value is -1.26. The van der Waals surface area contributed by atoms with Crippen molar-refractivity contribution >= 4 is 12.0 Å². The number of carbonyl (C=O) groups is 2. The summed E-state index contributed by atoms with van der Waals surface area (Å²) >= 11 is 0. The van der Waals surface area contributed by atoms with Gasteiger partial charge in [0.25, 0.3) is 0 Å². The Kier molecular flexibility index (Phi) is 5.44. The van der Waals surface area contributed by atoms with E-state index in [4.69, 9.17) is 5.11 Å². The van der Waals surface area contributed by atoms with Crippen LogP contribution in [0.25, 0.3) is 0 Å². The third-order valence-corrected chi connectivity index (χ3v) is 3.88. The Balaban J connectivity index is 2.37. The summed E-state index contributed by atoms with van der Waals surface area (Å²) in [7, 11) is 0. The Morgan fingerprint density at radius 1 is 1.33 bits per heavy atom. The van der Waals surface area contributed by atoms with Crippen LogP contribution in [0, 0.1) is 11.8 Å². The van der Waals surface area contributed by atoms with Crippen molar-refractivity contribution in [2.45, 2.75) is 58.5 Å². The van der Waals surface area contributed by atoms with E-state index in [1.165, 1.54) is 6.42 Å². The molecule has 1 fully saturated rings. The molecule has 0 saturated heterocycles. The van der Waals surface area contributed by atoms with Gasteiger partial charge < -0.3 is 15.7 Å². The van der Waals surface area contributed by atoms with E-state index in [-0.39, 0.29) is 24.5 Å². The molecule has 1 saturated carbocycles. The first-order chi connectivity index (χ1) is 8.40. The molecule has 0 aromatic heterocycles. The van der Waals surface area contributed by atoms with Gasteiger partial charge in [0.15, 0.2) is 0 Å². The highest BCUT2D eigenvalue weighted by atomic mass is 16.4. The first-order valence-corrected chi connectivity index (χ1v) is 6.69. The van der Waals surface area contributed by atoms with E-state index in [0.29, 0.717) is 11.8 Å². The van der Waals surface area contributed by atoms with Crippen LogP contribution in [0.4, 0.5) is 4.79 Å². The Labute approximate surface area is 108 Å². The van der Waals surface area contributed by atoms with Crippen LogP contribution in [-0.2, 0) is 4.79 Å². The van der Waals surface area contributed by atoms with Crippen LogP contribution in [0.1, 0.15) is 46.5 Å². The van der Waals surface area contributed by atoms with Crippen molar-refractivity contribution in [2.75, 3.05) is 0 Å². The SMILES string of the molecule is CC(CC(=O)O)NC(=O)NC1CCCC(C)C1C. The number of hydrogen-bond acceptors (Lipinski definition) is 2. The van der Waals surface area contributed by atoms with Gasteiger partial charge in [0.05, 0.1) is 6.42 Å². The van der Waals surface area contributed by atoms with E-state index in [2.05, 4.69) is 24.5 Å². The molecule has 0 radical (unpaired) electrons. The van der Waals surface area contributed by atoms with Crippen molar-refractivity contribution < 1.29 is 14.7 Å². The molecular formula is C13H24N2O3. The van der Waals surface area contributed by atoms with Crippen molar-refractivity contribution in [1.82, 2.24) is 10.6 Å². The average Bonchev–Trinajstić information content (AvgIpc) is 2.23. The van der Waals surface area contributed by atoms with E-state index in [1.807, 2.05) is 0 Å². The molecule has 0 aromatic rings. The van der Waals surface area contributed by atoms with E-state index >= 15 is 0 Å². The Morgan fingerprint density at radius 3 is 2.61 bits per heavy atom. The zero-order valence-electron chi connectivity index (χ0n) is 11.4. The number of nitrogens with one attached hydrogen (secondary N) is 2. The second-order valence-corrected chi connectivity index (χ2v) is 5.49. The third kappa shape index (κ3) is 4.55. The van der Waals surface area contributed by atoms with Gasteiger partial charge >= 0.3 is 12.0 Å². The van der Waals surface area contributed by atoms with Crippen molar-refractivity contribution in [2.24, 2.45) is 11.8 Å². The first kappa shape index (κ1) is 14.8. The molecule has 0 bridgehead atoms. The number of carbonyl (C=O) groups excluding carboxylic acids is 1. The summed E-state index contributed by atoms with van der Waals surface area (Å²) < 4.78 is 0. The minimum absolute atomic E-state index is 0.0515. The van der Waals surface area contributed by atoms with Crippen LogP contribution in [0.15, 0.2) is 0 Å². The minimum Gasteiger partial charge on any atom is -0.481 e. The number of amides is 2. The monoisotopic (exact) mass is 256 g/mol. The quantitative estimate of drug-likeness (QED) is 0.719. The molecule has 0 spiro atoms. The van der Waals surface area contributed by atoms with Crippen molar-refractivity contribution in [3.8, 4) is 0 Å². The van der Waals surface area contributed by atoms with Crippen LogP contribution in [-0.4, -0.2) is 29.2 Å². The second-order valence-electron chi connectivity index (χ2n) is 5.49. The van der Waals surface area contributed by atoms with Crippen LogP contribution in [0.3, 0.4) is 0 Å². The van der Waals surface area contributed by atoms with Crippen molar-refractivity contribution in [1.29, 1.82) is 0 Å². The largest absolute Gasteiger partial charge is 0.481 e. The molecule has 0 heterocycles. The highest BCUT2D eigenvalue weighted by Gasteiger charge is 2.28. The Morgan fingerprint density at radius 2 is 2.00 bits per heavy atom. The molecule has 0 aliphatic heterocycles. The van der Waals surface area contributed by atoms with E-state index in [1.54, 1.807) is 6.92 Å². The molecule has 104 valence electrons. The predicted octanol–water partition coefficient (Wildman–Crippen LogP) is 1.97. The van der Waals surface area contributed by atoms with Gasteiger partial charge in [-0.3, -0.25) is 4.79 Å². The van der Waals surface area contributed by atoms with Crippen LogP contribution >= 0.6 is 0 Å². The predicted molar refractivity (Wildman–Crippen MR) is 69.3 cm³/mol. The zero-order valence-corrected chi connectivity index (χ0v) is 11.4. The van der Waals surface area contributed by atoms with Crippen LogP contribution < -0.4 is 10.6 Å². The lowest BCUT2D eigenvalue weighted by Crippen LogP contribution is -2.50. The molecule has 5 nitrogen and oxygen atoms in total. The van der Waals surface area contributed by atoms with E-state index in [0.717, 1.165) is 12.8 Å². The zero-order chi connectivity index (χ0) is 13.7. The average molecular weight is 256 g/mol. The molecule has 18 heavy (non-hydrogen) atoms. The molecule has 1 rings (SSSR count). The van der Waals surface area contributed by atoms with Gasteiger partial charge in [-0.15, -0.1) is 0 Å². The fourth-order valence-electron chi connectivity index (χ4n) is 2.53. The molecule has 5 heteroatoms. The van der Waals surface area contributed by atoms with Gasteiger partial charge in [0.2, 0.25) is 0 Å². The van der Waals surface area contributed by atoms with E-state index in [9.17, 15) is 9.59 Å². The van der Waals surface area contributed by atoms with Crippen LogP contribution in [0.5, 0.6) is 0 Å². The van der Waals surface area contributed by atoms with Crippen LogP contribution in [0.2, 0.25) is 0 Å². The molecule has 1 aliphatic carbocycles. The maximum absolute atomic E-state index is 11.7. The van der Waals surface area contributed by atoms with Crippen molar-refractivity contribution in [3.05, 3.63) is 0 Å². The summed E-state index contributed by atoms with van der Waals surface area (Å²) in [5, 5.41) is 14.2. The molecule has 1 aliphatic rings. The maximum atomic E-state index is 11.7. The summed E-state index contributed by atoms with van der Waals surface area (Å²) in [5.41, 5.74) is 0. The third-order valence-electron chi connectivity index (χ3n) is 3.88. The molecule has 4 unspecified atom stereocenters. The summed E-state index contributed by atoms with van der Waals surface area (Å²) in [6.07, 6.45) is 3.31. The number of carboxylic acid groups (broad SMARTS) is 1. The lowest BCUT2D eigenvalue weighted by molar-refractivity contribution is -0.137. The topological polar surface area (TPSA) is 78.4 Å². The molecule has 4 atom stereocenters. The van der Waals surface area contributed by atoms with Crippen molar-refractivity contribution in [3.63, 3.8) is 0 Å². The fraction of sp³-hybridized carbons (Fsp3) is 0.846. The summed E-state index contributed by atoms with van der Waals surface area (Å²) in [6, 6.07) is -0.403. The maximum Gasteiger partial charge on any atom is 0.315 e. The number of hydrogen-bond donors (Lipinski definition) is 3. The summed E-state index contributed by atoms with van der Waals surface area (Å²) in [4.78, 5) is 22.2. The number of urea groups is 1. The lowest BCUT2D eigenvalue weighted by Gasteiger charge is -2.34. The number of carboxylic acids is 1. The smallest absolute Gasteiger partial charge is 0.315 e. The molecule has 3 N–H and O–H groups in total.